The quantitative estimate of drug-likeness (QED) is 0.841. The van der Waals surface area contributed by atoms with Gasteiger partial charge in [0.15, 0.2) is 0 Å². The summed E-state index contributed by atoms with van der Waals surface area (Å²) in [5.74, 6) is 0.0621. The van der Waals surface area contributed by atoms with Gasteiger partial charge in [0, 0.05) is 5.41 Å². The molecule has 0 spiro atoms. The molecule has 2 aromatic carbocycles. The molecule has 0 heterocycles. The molecule has 0 aliphatic carbocycles. The van der Waals surface area contributed by atoms with Gasteiger partial charge in [0.1, 0.15) is 11.5 Å². The molecular weight excluding hydrogens is 283 g/mol. The van der Waals surface area contributed by atoms with Crippen molar-refractivity contribution >= 4 is 23.2 Å². The second-order valence-corrected chi connectivity index (χ2v) is 5.66. The molecule has 19 heavy (non-hydrogen) atoms. The highest BCUT2D eigenvalue weighted by Gasteiger charge is 2.29. The Morgan fingerprint density at radius 2 is 1.16 bits per heavy atom. The molecule has 0 bridgehead atoms. The minimum absolute atomic E-state index is 0.0310. The third kappa shape index (κ3) is 2.38. The fourth-order valence-electron chi connectivity index (χ4n) is 2.15. The van der Waals surface area contributed by atoms with Gasteiger partial charge in [-0.15, -0.1) is 0 Å². The molecule has 0 aliphatic heterocycles. The highest BCUT2D eigenvalue weighted by molar-refractivity contribution is 6.34. The van der Waals surface area contributed by atoms with Crippen LogP contribution < -0.4 is 0 Å². The van der Waals surface area contributed by atoms with Crippen LogP contribution in [0.5, 0.6) is 11.5 Å². The minimum Gasteiger partial charge on any atom is -0.506 e. The maximum Gasteiger partial charge on any atom is 0.134 e. The molecule has 0 fully saturated rings. The summed E-state index contributed by atoms with van der Waals surface area (Å²) < 4.78 is 0. The minimum atomic E-state index is -0.536. The van der Waals surface area contributed by atoms with Crippen molar-refractivity contribution < 1.29 is 10.2 Å². The third-order valence-electron chi connectivity index (χ3n) is 3.30. The lowest BCUT2D eigenvalue weighted by Crippen LogP contribution is -2.20. The highest BCUT2D eigenvalue weighted by Crippen LogP contribution is 2.43. The van der Waals surface area contributed by atoms with Gasteiger partial charge in [-0.05, 0) is 23.3 Å². The Hall–Kier alpha value is -1.38. The average molecular weight is 297 g/mol. The molecule has 2 nitrogen and oxygen atoms in total. The number of halogens is 2. The van der Waals surface area contributed by atoms with E-state index in [1.165, 1.54) is 12.1 Å². The van der Waals surface area contributed by atoms with Crippen LogP contribution in [0, 0.1) is 0 Å². The molecule has 0 unspecified atom stereocenters. The van der Waals surface area contributed by atoms with Gasteiger partial charge in [-0.2, -0.15) is 0 Å². The van der Waals surface area contributed by atoms with E-state index < -0.39 is 5.41 Å². The fraction of sp³-hybridized carbons (Fsp3) is 0.200. The maximum atomic E-state index is 9.72. The maximum absolute atomic E-state index is 9.72. The summed E-state index contributed by atoms with van der Waals surface area (Å²) >= 11 is 12.3. The second kappa shape index (κ2) is 4.95. The Morgan fingerprint density at radius 3 is 1.53 bits per heavy atom. The van der Waals surface area contributed by atoms with Gasteiger partial charge in [-0.25, -0.2) is 0 Å². The predicted molar refractivity (Wildman–Crippen MR) is 78.4 cm³/mol. The first-order chi connectivity index (χ1) is 8.85. The Balaban J connectivity index is 2.65. The van der Waals surface area contributed by atoms with Crippen molar-refractivity contribution in [2.75, 3.05) is 0 Å². The molecule has 0 radical (unpaired) electrons. The van der Waals surface area contributed by atoms with E-state index in [9.17, 15) is 10.2 Å². The number of phenols is 2. The summed E-state index contributed by atoms with van der Waals surface area (Å²) in [6.45, 7) is 3.88. The Bertz CT molecular complexity index is 568. The van der Waals surface area contributed by atoms with Crippen LogP contribution in [0.1, 0.15) is 25.0 Å². The van der Waals surface area contributed by atoms with Crippen LogP contribution in [0.15, 0.2) is 36.4 Å². The number of hydrogen-bond acceptors (Lipinski definition) is 2. The lowest BCUT2D eigenvalue weighted by atomic mass is 9.78. The predicted octanol–water partition coefficient (Wildman–Crippen LogP) is 4.73. The molecule has 0 atom stereocenters. The molecule has 0 aromatic heterocycles. The lowest BCUT2D eigenvalue weighted by molar-refractivity contribution is 0.470. The number of hydrogen-bond donors (Lipinski definition) is 2. The van der Waals surface area contributed by atoms with E-state index in [4.69, 9.17) is 23.2 Å². The molecule has 2 N–H and O–H groups in total. The molecular formula is C15H14Cl2O2. The van der Waals surface area contributed by atoms with Crippen molar-refractivity contribution in [2.45, 2.75) is 19.3 Å². The summed E-state index contributed by atoms with van der Waals surface area (Å²) in [6.07, 6.45) is 0. The van der Waals surface area contributed by atoms with Crippen LogP contribution in [-0.4, -0.2) is 10.2 Å². The van der Waals surface area contributed by atoms with Crippen LogP contribution in [0.4, 0.5) is 0 Å². The van der Waals surface area contributed by atoms with E-state index in [0.29, 0.717) is 10.0 Å². The van der Waals surface area contributed by atoms with E-state index >= 15 is 0 Å². The first kappa shape index (κ1) is 14.0. The molecule has 0 saturated heterocycles. The Morgan fingerprint density at radius 1 is 0.789 bits per heavy atom. The van der Waals surface area contributed by atoms with Crippen molar-refractivity contribution in [3.63, 3.8) is 0 Å². The molecule has 2 aromatic rings. The molecule has 0 saturated carbocycles. The first-order valence-electron chi connectivity index (χ1n) is 5.81. The van der Waals surface area contributed by atoms with E-state index in [0.717, 1.165) is 11.1 Å². The number of benzene rings is 2. The van der Waals surface area contributed by atoms with Crippen molar-refractivity contribution in [3.8, 4) is 11.5 Å². The van der Waals surface area contributed by atoms with Gasteiger partial charge < -0.3 is 10.2 Å². The zero-order chi connectivity index (χ0) is 14.2. The van der Waals surface area contributed by atoms with Gasteiger partial charge in [0.2, 0.25) is 0 Å². The second-order valence-electron chi connectivity index (χ2n) is 4.90. The van der Waals surface area contributed by atoms with Gasteiger partial charge in [0.25, 0.3) is 0 Å². The molecule has 0 aliphatic rings. The fourth-order valence-corrected chi connectivity index (χ4v) is 2.87. The van der Waals surface area contributed by atoms with E-state index in [2.05, 4.69) is 0 Å². The normalized spacial score (nSPS) is 11.6. The zero-order valence-electron chi connectivity index (χ0n) is 10.6. The topological polar surface area (TPSA) is 40.5 Å². The Labute approximate surface area is 122 Å². The highest BCUT2D eigenvalue weighted by atomic mass is 35.5. The Kier molecular flexibility index (Phi) is 3.66. The summed E-state index contributed by atoms with van der Waals surface area (Å²) in [5.41, 5.74) is 0.967. The summed E-state index contributed by atoms with van der Waals surface area (Å²) in [4.78, 5) is 0. The van der Waals surface area contributed by atoms with Crippen LogP contribution in [0.25, 0.3) is 0 Å². The third-order valence-corrected chi connectivity index (χ3v) is 4.10. The lowest BCUT2D eigenvalue weighted by Gasteiger charge is -2.28. The van der Waals surface area contributed by atoms with Crippen molar-refractivity contribution in [2.24, 2.45) is 0 Å². The van der Waals surface area contributed by atoms with Crippen molar-refractivity contribution in [3.05, 3.63) is 57.6 Å². The largest absolute Gasteiger partial charge is 0.506 e. The number of aromatic hydroxyl groups is 2. The van der Waals surface area contributed by atoms with E-state index in [1.54, 1.807) is 12.1 Å². The summed E-state index contributed by atoms with van der Waals surface area (Å²) in [6, 6.07) is 10.2. The number of rotatable bonds is 2. The average Bonchev–Trinajstić information content (AvgIpc) is 2.35. The van der Waals surface area contributed by atoms with Crippen LogP contribution >= 0.6 is 23.2 Å². The van der Waals surface area contributed by atoms with Crippen LogP contribution in [0.3, 0.4) is 0 Å². The van der Waals surface area contributed by atoms with E-state index in [1.807, 2.05) is 26.0 Å². The zero-order valence-corrected chi connectivity index (χ0v) is 12.1. The van der Waals surface area contributed by atoms with Gasteiger partial charge in [-0.1, -0.05) is 61.3 Å². The van der Waals surface area contributed by atoms with E-state index in [-0.39, 0.29) is 11.5 Å². The van der Waals surface area contributed by atoms with Crippen LogP contribution in [-0.2, 0) is 5.41 Å². The summed E-state index contributed by atoms with van der Waals surface area (Å²) in [7, 11) is 0. The standard InChI is InChI=1S/C15H14Cl2O2/c1-15(2,9-5-3-7-11(18)13(9)16)10-6-4-8-12(19)14(10)17/h3-8,18-19H,1-2H3. The molecule has 100 valence electrons. The molecule has 2 rings (SSSR count). The smallest absolute Gasteiger partial charge is 0.134 e. The van der Waals surface area contributed by atoms with Gasteiger partial charge in [0.05, 0.1) is 10.0 Å². The number of phenolic OH excluding ortho intramolecular Hbond substituents is 2. The van der Waals surface area contributed by atoms with Crippen molar-refractivity contribution in [1.29, 1.82) is 0 Å². The monoisotopic (exact) mass is 296 g/mol. The molecule has 0 amide bonds. The molecule has 4 heteroatoms. The van der Waals surface area contributed by atoms with Gasteiger partial charge >= 0.3 is 0 Å². The summed E-state index contributed by atoms with van der Waals surface area (Å²) in [5, 5.41) is 20.0. The first-order valence-corrected chi connectivity index (χ1v) is 6.57. The SMILES string of the molecule is CC(C)(c1cccc(O)c1Cl)c1cccc(O)c1Cl. The van der Waals surface area contributed by atoms with Crippen molar-refractivity contribution in [1.82, 2.24) is 0 Å². The van der Waals surface area contributed by atoms with Gasteiger partial charge in [-0.3, -0.25) is 0 Å². The van der Waals surface area contributed by atoms with Crippen LogP contribution in [0.2, 0.25) is 10.0 Å².